The van der Waals surface area contributed by atoms with Crippen LogP contribution in [-0.4, -0.2) is 6.29 Å². The summed E-state index contributed by atoms with van der Waals surface area (Å²) in [5.41, 5.74) is 5.28. The molecule has 0 fully saturated rings. The fourth-order valence-electron chi connectivity index (χ4n) is 0.894. The van der Waals surface area contributed by atoms with Gasteiger partial charge in [-0.05, 0) is 12.1 Å². The van der Waals surface area contributed by atoms with E-state index in [9.17, 15) is 13.6 Å². The molecule has 0 saturated carbocycles. The average Bonchev–Trinajstić information content (AvgIpc) is 2.03. The Bertz CT molecular complexity index is 299. The van der Waals surface area contributed by atoms with Crippen molar-refractivity contribution in [1.29, 1.82) is 0 Å². The van der Waals surface area contributed by atoms with Crippen molar-refractivity contribution in [3.63, 3.8) is 0 Å². The number of benzene rings is 1. The van der Waals surface area contributed by atoms with Crippen molar-refractivity contribution in [3.05, 3.63) is 29.3 Å². The van der Waals surface area contributed by atoms with Gasteiger partial charge in [-0.1, -0.05) is 6.07 Å². The molecule has 0 spiro atoms. The first-order valence-corrected chi connectivity index (χ1v) is 3.28. The minimum atomic E-state index is -2.63. The molecule has 2 N–H and O–H groups in total. The van der Waals surface area contributed by atoms with E-state index in [4.69, 9.17) is 5.73 Å². The Morgan fingerprint density at radius 2 is 2.08 bits per heavy atom. The first kappa shape index (κ1) is 8.64. The van der Waals surface area contributed by atoms with Gasteiger partial charge in [0.05, 0.1) is 0 Å². The van der Waals surface area contributed by atoms with Crippen molar-refractivity contribution in [2.45, 2.75) is 6.43 Å². The Kier molecular flexibility index (Phi) is 2.38. The molecule has 64 valence electrons. The zero-order valence-corrected chi connectivity index (χ0v) is 6.13. The molecule has 0 saturated heterocycles. The molecule has 1 aromatic rings. The van der Waals surface area contributed by atoms with Crippen LogP contribution in [0.5, 0.6) is 0 Å². The van der Waals surface area contributed by atoms with Crippen molar-refractivity contribution < 1.29 is 13.6 Å². The van der Waals surface area contributed by atoms with Crippen LogP contribution in [-0.2, 0) is 0 Å². The monoisotopic (exact) mass is 171 g/mol. The van der Waals surface area contributed by atoms with Gasteiger partial charge in [-0.2, -0.15) is 0 Å². The van der Waals surface area contributed by atoms with Gasteiger partial charge in [0.2, 0.25) is 0 Å². The highest BCUT2D eigenvalue weighted by Crippen LogP contribution is 2.23. The maximum atomic E-state index is 12.1. The van der Waals surface area contributed by atoms with Crippen LogP contribution >= 0.6 is 0 Å². The van der Waals surface area contributed by atoms with Crippen molar-refractivity contribution in [2.24, 2.45) is 0 Å². The van der Waals surface area contributed by atoms with Gasteiger partial charge in [0, 0.05) is 16.8 Å². The molecule has 0 aromatic heterocycles. The Morgan fingerprint density at radius 1 is 1.42 bits per heavy atom. The van der Waals surface area contributed by atoms with E-state index in [0.29, 0.717) is 12.0 Å². The number of rotatable bonds is 2. The summed E-state index contributed by atoms with van der Waals surface area (Å²) < 4.78 is 24.3. The van der Waals surface area contributed by atoms with Gasteiger partial charge in [0.1, 0.15) is 0 Å². The summed E-state index contributed by atoms with van der Waals surface area (Å²) in [4.78, 5) is 10.3. The summed E-state index contributed by atoms with van der Waals surface area (Å²) in [6, 6.07) is 3.73. The van der Waals surface area contributed by atoms with Gasteiger partial charge in [-0.15, -0.1) is 0 Å². The van der Waals surface area contributed by atoms with Gasteiger partial charge in [-0.25, -0.2) is 8.78 Å². The van der Waals surface area contributed by atoms with Crippen molar-refractivity contribution in [2.75, 3.05) is 5.73 Å². The fourth-order valence-corrected chi connectivity index (χ4v) is 0.894. The topological polar surface area (TPSA) is 43.1 Å². The molecule has 0 unspecified atom stereocenters. The summed E-state index contributed by atoms with van der Waals surface area (Å²) in [5, 5.41) is 0. The Morgan fingerprint density at radius 3 is 2.58 bits per heavy atom. The second-order valence-corrected chi connectivity index (χ2v) is 2.31. The number of carbonyl (C=O) groups is 1. The molecule has 0 bridgehead atoms. The van der Waals surface area contributed by atoms with Gasteiger partial charge < -0.3 is 5.73 Å². The van der Waals surface area contributed by atoms with E-state index in [1.807, 2.05) is 0 Å². The summed E-state index contributed by atoms with van der Waals surface area (Å²) in [6.45, 7) is 0. The lowest BCUT2D eigenvalue weighted by Crippen LogP contribution is -1.95. The van der Waals surface area contributed by atoms with E-state index < -0.39 is 6.43 Å². The lowest BCUT2D eigenvalue weighted by molar-refractivity contribution is 0.110. The zero-order valence-electron chi connectivity index (χ0n) is 6.13. The molecule has 0 amide bonds. The van der Waals surface area contributed by atoms with Crippen LogP contribution in [0.3, 0.4) is 0 Å². The standard InChI is InChI=1S/C8H7F2NO/c9-8(10)7-2-1-6(11)3-5(7)4-12/h1-4,8H,11H2. The van der Waals surface area contributed by atoms with E-state index in [1.54, 1.807) is 0 Å². The molecule has 1 rings (SSSR count). The molecular weight excluding hydrogens is 164 g/mol. The number of hydrogen-bond donors (Lipinski definition) is 1. The molecule has 4 heteroatoms. The quantitative estimate of drug-likeness (QED) is 0.546. The van der Waals surface area contributed by atoms with Crippen LogP contribution in [0.4, 0.5) is 14.5 Å². The molecule has 0 aliphatic heterocycles. The third kappa shape index (κ3) is 1.58. The van der Waals surface area contributed by atoms with Gasteiger partial charge in [0.15, 0.2) is 6.29 Å². The third-order valence-corrected chi connectivity index (χ3v) is 1.47. The Balaban J connectivity index is 3.20. The minimum Gasteiger partial charge on any atom is -0.399 e. The number of halogens is 2. The SMILES string of the molecule is Nc1ccc(C(F)F)c(C=O)c1. The number of carbonyl (C=O) groups excluding carboxylic acids is 1. The highest BCUT2D eigenvalue weighted by molar-refractivity contribution is 5.79. The normalized spacial score (nSPS) is 10.2. The van der Waals surface area contributed by atoms with Crippen LogP contribution < -0.4 is 5.73 Å². The van der Waals surface area contributed by atoms with E-state index in [1.165, 1.54) is 12.1 Å². The van der Waals surface area contributed by atoms with E-state index in [0.717, 1.165) is 6.07 Å². The molecule has 1 aromatic carbocycles. The second-order valence-electron chi connectivity index (χ2n) is 2.31. The molecule has 0 aliphatic rings. The minimum absolute atomic E-state index is 0.0509. The van der Waals surface area contributed by atoms with Crippen LogP contribution in [0.15, 0.2) is 18.2 Å². The molecule has 0 aliphatic carbocycles. The predicted octanol–water partition coefficient (Wildman–Crippen LogP) is 2.02. The van der Waals surface area contributed by atoms with Crippen LogP contribution in [0, 0.1) is 0 Å². The molecule has 0 heterocycles. The van der Waals surface area contributed by atoms with Crippen molar-refractivity contribution in [3.8, 4) is 0 Å². The number of alkyl halides is 2. The maximum Gasteiger partial charge on any atom is 0.264 e. The third-order valence-electron chi connectivity index (χ3n) is 1.47. The molecule has 0 radical (unpaired) electrons. The summed E-state index contributed by atoms with van der Waals surface area (Å²) in [5.74, 6) is 0. The van der Waals surface area contributed by atoms with E-state index >= 15 is 0 Å². The number of aldehydes is 1. The van der Waals surface area contributed by atoms with Gasteiger partial charge >= 0.3 is 0 Å². The first-order valence-electron chi connectivity index (χ1n) is 3.28. The van der Waals surface area contributed by atoms with Crippen LogP contribution in [0.2, 0.25) is 0 Å². The number of anilines is 1. The van der Waals surface area contributed by atoms with Gasteiger partial charge in [-0.3, -0.25) is 4.79 Å². The lowest BCUT2D eigenvalue weighted by atomic mass is 10.1. The highest BCUT2D eigenvalue weighted by Gasteiger charge is 2.11. The largest absolute Gasteiger partial charge is 0.399 e. The average molecular weight is 171 g/mol. The molecular formula is C8H7F2NO. The maximum absolute atomic E-state index is 12.1. The summed E-state index contributed by atoms with van der Waals surface area (Å²) >= 11 is 0. The van der Waals surface area contributed by atoms with Crippen LogP contribution in [0.1, 0.15) is 22.3 Å². The highest BCUT2D eigenvalue weighted by atomic mass is 19.3. The molecule has 2 nitrogen and oxygen atoms in total. The van der Waals surface area contributed by atoms with Crippen molar-refractivity contribution in [1.82, 2.24) is 0 Å². The predicted molar refractivity (Wildman–Crippen MR) is 41.2 cm³/mol. The number of nitrogens with two attached hydrogens (primary N) is 1. The van der Waals surface area contributed by atoms with Crippen molar-refractivity contribution >= 4 is 12.0 Å². The zero-order chi connectivity index (χ0) is 9.14. The molecule has 0 atom stereocenters. The number of nitrogen functional groups attached to an aromatic ring is 1. The fraction of sp³-hybridized carbons (Fsp3) is 0.125. The Labute approximate surface area is 68.0 Å². The van der Waals surface area contributed by atoms with Crippen LogP contribution in [0.25, 0.3) is 0 Å². The van der Waals surface area contributed by atoms with E-state index in [2.05, 4.69) is 0 Å². The summed E-state index contributed by atoms with van der Waals surface area (Å²) in [7, 11) is 0. The van der Waals surface area contributed by atoms with Gasteiger partial charge in [0.25, 0.3) is 6.43 Å². The Hall–Kier alpha value is -1.45. The lowest BCUT2D eigenvalue weighted by Gasteiger charge is -2.03. The molecule has 12 heavy (non-hydrogen) atoms. The summed E-state index contributed by atoms with van der Waals surface area (Å²) in [6.07, 6.45) is -2.26. The number of hydrogen-bond acceptors (Lipinski definition) is 2. The van der Waals surface area contributed by atoms with E-state index in [-0.39, 0.29) is 11.1 Å². The smallest absolute Gasteiger partial charge is 0.264 e. The first-order chi connectivity index (χ1) is 5.65. The second kappa shape index (κ2) is 3.30.